The Labute approximate surface area is 248 Å². The molecule has 5 rings (SSSR count). The lowest BCUT2D eigenvalue weighted by atomic mass is 9.80. The molecule has 0 bridgehead atoms. The zero-order valence-corrected chi connectivity index (χ0v) is 23.7. The fourth-order valence-corrected chi connectivity index (χ4v) is 5.56. The molecule has 3 atom stereocenters. The number of hydrogen-bond acceptors (Lipinski definition) is 9. The van der Waals surface area contributed by atoms with Gasteiger partial charge in [0.25, 0.3) is 5.91 Å². The van der Waals surface area contributed by atoms with Gasteiger partial charge in [0.1, 0.15) is 11.5 Å². The molecular weight excluding hydrogens is 592 g/mol. The Morgan fingerprint density at radius 3 is 2.53 bits per heavy atom. The van der Waals surface area contributed by atoms with E-state index in [2.05, 4.69) is 25.4 Å². The number of alkyl halides is 3. The molecule has 15 heteroatoms. The molecule has 1 unspecified atom stereocenters. The molecule has 3 heterocycles. The molecule has 1 amide bonds. The Bertz CT molecular complexity index is 1590. The van der Waals surface area contributed by atoms with Crippen LogP contribution in [0.25, 0.3) is 11.4 Å². The SMILES string of the molecule is CC(C)(F)C[C@]1(c2ccc(-c3ncccn3)cc2F)N=C(N)N([C@H](CO)c2ccc(Cl)c(C3N=CNN3C(F)F)c2)C1=O. The van der Waals surface area contributed by atoms with Crippen LogP contribution in [0.15, 0.2) is 64.8 Å². The van der Waals surface area contributed by atoms with Crippen LogP contribution in [0.2, 0.25) is 5.02 Å². The molecule has 2 aliphatic heterocycles. The number of halogens is 5. The topological polar surface area (TPSA) is 132 Å². The predicted molar refractivity (Wildman–Crippen MR) is 151 cm³/mol. The van der Waals surface area contributed by atoms with Crippen molar-refractivity contribution in [1.29, 1.82) is 0 Å². The number of aliphatic imine (C=N–C) groups is 2. The number of rotatable bonds is 9. The number of aromatic nitrogens is 2. The van der Waals surface area contributed by atoms with Gasteiger partial charge in [-0.25, -0.2) is 28.7 Å². The predicted octanol–water partition coefficient (Wildman–Crippen LogP) is 4.23. The Morgan fingerprint density at radius 1 is 1.19 bits per heavy atom. The van der Waals surface area contributed by atoms with E-state index in [-0.39, 0.29) is 27.5 Å². The summed E-state index contributed by atoms with van der Waals surface area (Å²) in [4.78, 5) is 31.7. The van der Waals surface area contributed by atoms with Crippen LogP contribution in [-0.2, 0) is 10.3 Å². The van der Waals surface area contributed by atoms with Gasteiger partial charge in [0.05, 0.1) is 19.0 Å². The molecule has 43 heavy (non-hydrogen) atoms. The highest BCUT2D eigenvalue weighted by Crippen LogP contribution is 2.45. The minimum atomic E-state index is -2.93. The van der Waals surface area contributed by atoms with E-state index in [0.717, 1.165) is 17.3 Å². The summed E-state index contributed by atoms with van der Waals surface area (Å²) >= 11 is 6.33. The second-order valence-electron chi connectivity index (χ2n) is 10.6. The molecule has 2 aliphatic rings. The lowest BCUT2D eigenvalue weighted by molar-refractivity contribution is -0.135. The first kappa shape index (κ1) is 30.3. The number of guanidine groups is 1. The Kier molecular flexibility index (Phi) is 8.11. The third-order valence-electron chi connectivity index (χ3n) is 7.10. The molecule has 0 saturated heterocycles. The van der Waals surface area contributed by atoms with E-state index in [0.29, 0.717) is 10.6 Å². The summed E-state index contributed by atoms with van der Waals surface area (Å²) in [5.74, 6) is -1.91. The van der Waals surface area contributed by atoms with Gasteiger partial charge in [-0.05, 0) is 43.7 Å². The number of hydrazine groups is 1. The highest BCUT2D eigenvalue weighted by Gasteiger charge is 2.55. The van der Waals surface area contributed by atoms with Gasteiger partial charge in [0.2, 0.25) is 0 Å². The molecule has 1 aromatic heterocycles. The maximum Gasteiger partial charge on any atom is 0.313 e. The lowest BCUT2D eigenvalue weighted by Gasteiger charge is -2.33. The second-order valence-corrected chi connectivity index (χ2v) is 11.0. The summed E-state index contributed by atoms with van der Waals surface area (Å²) in [5, 5.41) is 11.1. The molecule has 0 spiro atoms. The first-order chi connectivity index (χ1) is 20.4. The van der Waals surface area contributed by atoms with Crippen LogP contribution in [0.1, 0.15) is 49.2 Å². The summed E-state index contributed by atoms with van der Waals surface area (Å²) in [6.07, 6.45) is 2.28. The van der Waals surface area contributed by atoms with Gasteiger partial charge in [-0.1, -0.05) is 29.8 Å². The Hall–Kier alpha value is -4.14. The number of amides is 1. The number of carbonyl (C=O) groups is 1. The fraction of sp³-hybridized carbons (Fsp3) is 0.321. The minimum Gasteiger partial charge on any atom is -0.394 e. The Balaban J connectivity index is 1.56. The van der Waals surface area contributed by atoms with Crippen LogP contribution in [0.5, 0.6) is 0 Å². The summed E-state index contributed by atoms with van der Waals surface area (Å²) < 4.78 is 58.2. The lowest BCUT2D eigenvalue weighted by Crippen LogP contribution is -2.48. The highest BCUT2D eigenvalue weighted by molar-refractivity contribution is 6.31. The van der Waals surface area contributed by atoms with Gasteiger partial charge in [0.15, 0.2) is 23.5 Å². The van der Waals surface area contributed by atoms with Crippen molar-refractivity contribution >= 4 is 29.8 Å². The maximum atomic E-state index is 15.8. The highest BCUT2D eigenvalue weighted by atomic mass is 35.5. The van der Waals surface area contributed by atoms with Gasteiger partial charge in [-0.15, -0.1) is 5.01 Å². The van der Waals surface area contributed by atoms with E-state index in [4.69, 9.17) is 17.3 Å². The van der Waals surface area contributed by atoms with Crippen LogP contribution in [0, 0.1) is 5.82 Å². The van der Waals surface area contributed by atoms with Crippen molar-refractivity contribution in [1.82, 2.24) is 25.3 Å². The van der Waals surface area contributed by atoms with Crippen LogP contribution in [0.3, 0.4) is 0 Å². The third-order valence-corrected chi connectivity index (χ3v) is 7.45. The molecule has 0 radical (unpaired) electrons. The van der Waals surface area contributed by atoms with Crippen molar-refractivity contribution in [3.8, 4) is 11.4 Å². The van der Waals surface area contributed by atoms with E-state index >= 15 is 8.78 Å². The number of nitrogens with two attached hydrogens (primary N) is 1. The van der Waals surface area contributed by atoms with E-state index in [1.54, 1.807) is 6.07 Å². The first-order valence-electron chi connectivity index (χ1n) is 13.1. The first-order valence-corrected chi connectivity index (χ1v) is 13.4. The molecule has 4 N–H and O–H groups in total. The number of benzene rings is 2. The Morgan fingerprint density at radius 2 is 1.91 bits per heavy atom. The summed E-state index contributed by atoms with van der Waals surface area (Å²) in [6, 6.07) is 8.59. The average molecular weight is 619 g/mol. The monoisotopic (exact) mass is 618 g/mol. The van der Waals surface area contributed by atoms with Crippen LogP contribution in [-0.4, -0.2) is 62.0 Å². The van der Waals surface area contributed by atoms with Crippen molar-refractivity contribution in [3.63, 3.8) is 0 Å². The normalized spacial score (nSPS) is 21.4. The largest absolute Gasteiger partial charge is 0.394 e. The van der Waals surface area contributed by atoms with Crippen molar-refractivity contribution in [2.24, 2.45) is 15.7 Å². The van der Waals surface area contributed by atoms with E-state index < -0.39 is 60.7 Å². The van der Waals surface area contributed by atoms with Gasteiger partial charge in [-0.3, -0.25) is 9.69 Å². The van der Waals surface area contributed by atoms with Gasteiger partial charge < -0.3 is 16.3 Å². The van der Waals surface area contributed by atoms with Crippen LogP contribution >= 0.6 is 11.6 Å². The molecule has 0 aliphatic carbocycles. The molecular formula is C28H27ClF4N8O2. The molecule has 3 aromatic rings. The van der Waals surface area contributed by atoms with Crippen LogP contribution in [0.4, 0.5) is 17.6 Å². The number of hydrogen-bond donors (Lipinski definition) is 3. The summed E-state index contributed by atoms with van der Waals surface area (Å²) in [5.41, 5.74) is 4.93. The zero-order valence-electron chi connectivity index (χ0n) is 22.9. The number of nitrogens with zero attached hydrogens (tertiary/aromatic N) is 6. The molecule has 0 fully saturated rings. The smallest absolute Gasteiger partial charge is 0.313 e. The van der Waals surface area contributed by atoms with E-state index in [1.807, 2.05) is 0 Å². The van der Waals surface area contributed by atoms with Crippen molar-refractivity contribution in [3.05, 3.63) is 82.4 Å². The van der Waals surface area contributed by atoms with Gasteiger partial charge >= 0.3 is 6.55 Å². The summed E-state index contributed by atoms with van der Waals surface area (Å²) in [6.45, 7) is -1.18. The zero-order chi connectivity index (χ0) is 31.1. The average Bonchev–Trinajstić information content (AvgIpc) is 3.53. The van der Waals surface area contributed by atoms with Crippen molar-refractivity contribution < 1.29 is 27.5 Å². The molecule has 0 saturated carbocycles. The summed E-state index contributed by atoms with van der Waals surface area (Å²) in [7, 11) is 0. The van der Waals surface area contributed by atoms with Gasteiger partial charge in [-0.2, -0.15) is 8.78 Å². The molecule has 226 valence electrons. The standard InChI is InChI=1S/C28H27ClF4N8O2/c1-27(2,33)13-28(18-6-4-16(11-20(18)30)22-35-8-3-9-36-22)24(43)40(26(34)39-28)21(12-42)15-5-7-19(29)17(10-15)23-37-14-38-41(23)25(31)32/h3-11,14,21,23,25,42H,12-13H2,1-2H3,(H2,34,39)(H,37,38)/t21-,23?,28-/m1/s1. The fourth-order valence-electron chi connectivity index (χ4n) is 5.34. The third kappa shape index (κ3) is 5.65. The van der Waals surface area contributed by atoms with E-state index in [1.165, 1.54) is 56.6 Å². The van der Waals surface area contributed by atoms with Gasteiger partial charge in [0, 0.05) is 40.5 Å². The van der Waals surface area contributed by atoms with Crippen molar-refractivity contribution in [2.45, 2.75) is 50.2 Å². The minimum absolute atomic E-state index is 0.101. The molecule has 2 aromatic carbocycles. The maximum absolute atomic E-state index is 15.8. The van der Waals surface area contributed by atoms with Crippen molar-refractivity contribution in [2.75, 3.05) is 6.61 Å². The van der Waals surface area contributed by atoms with E-state index in [9.17, 15) is 18.7 Å². The van der Waals surface area contributed by atoms with Crippen LogP contribution < -0.4 is 11.2 Å². The second kappa shape index (κ2) is 11.5. The number of aliphatic hydroxyl groups is 1. The molecule has 10 nitrogen and oxygen atoms in total. The number of carbonyl (C=O) groups excluding carboxylic acids is 1. The quantitative estimate of drug-likeness (QED) is 0.242. The number of nitrogens with one attached hydrogen (secondary N) is 1. The number of aliphatic hydroxyl groups excluding tert-OH is 1.